The van der Waals surface area contributed by atoms with Crippen LogP contribution in [0.5, 0.6) is 0 Å². The van der Waals surface area contributed by atoms with Crippen LogP contribution in [0.15, 0.2) is 18.2 Å². The number of anilines is 1. The normalized spacial score (nSPS) is 15.7. The number of amides is 1. The molecule has 0 saturated carbocycles. The molecule has 0 unspecified atom stereocenters. The van der Waals surface area contributed by atoms with E-state index in [0.717, 1.165) is 25.9 Å². The van der Waals surface area contributed by atoms with Gasteiger partial charge in [-0.05, 0) is 31.0 Å². The first-order chi connectivity index (χ1) is 7.18. The van der Waals surface area contributed by atoms with Crippen molar-refractivity contribution in [2.75, 3.05) is 18.0 Å². The number of hydrogen-bond donors (Lipinski definition) is 1. The molecule has 0 aliphatic carbocycles. The smallest absolute Gasteiger partial charge is 0.248 e. The van der Waals surface area contributed by atoms with Crippen molar-refractivity contribution < 1.29 is 9.18 Å². The molecular formula is C11H13FN2O. The lowest BCUT2D eigenvalue weighted by Crippen LogP contribution is -2.19. The van der Waals surface area contributed by atoms with Crippen molar-refractivity contribution in [2.24, 2.45) is 5.73 Å². The van der Waals surface area contributed by atoms with E-state index in [0.29, 0.717) is 5.69 Å². The second kappa shape index (κ2) is 3.88. The maximum Gasteiger partial charge on any atom is 0.248 e. The Balaban J connectivity index is 2.29. The fourth-order valence-corrected chi connectivity index (χ4v) is 1.87. The van der Waals surface area contributed by atoms with Crippen LogP contribution in [-0.4, -0.2) is 19.0 Å². The van der Waals surface area contributed by atoms with Crippen molar-refractivity contribution in [3.8, 4) is 0 Å². The molecule has 4 heteroatoms. The molecule has 1 saturated heterocycles. The van der Waals surface area contributed by atoms with Crippen molar-refractivity contribution in [3.05, 3.63) is 29.6 Å². The molecule has 2 N–H and O–H groups in total. The van der Waals surface area contributed by atoms with E-state index in [1.165, 1.54) is 6.07 Å². The van der Waals surface area contributed by atoms with Crippen LogP contribution in [0.2, 0.25) is 0 Å². The first-order valence-electron chi connectivity index (χ1n) is 5.03. The monoisotopic (exact) mass is 208 g/mol. The minimum atomic E-state index is -0.595. The lowest BCUT2D eigenvalue weighted by atomic mass is 10.2. The zero-order chi connectivity index (χ0) is 10.8. The Bertz CT molecular complexity index is 386. The predicted molar refractivity (Wildman–Crippen MR) is 56.4 cm³/mol. The number of nitrogens with zero attached hydrogens (tertiary/aromatic N) is 1. The first kappa shape index (κ1) is 9.96. The van der Waals surface area contributed by atoms with E-state index in [2.05, 4.69) is 0 Å². The molecule has 1 fully saturated rings. The van der Waals surface area contributed by atoms with Gasteiger partial charge in [-0.3, -0.25) is 4.79 Å². The number of nitrogens with two attached hydrogens (primary N) is 1. The molecule has 0 atom stereocenters. The summed E-state index contributed by atoms with van der Waals surface area (Å²) in [5.41, 5.74) is 5.85. The highest BCUT2D eigenvalue weighted by molar-refractivity contribution is 5.93. The zero-order valence-electron chi connectivity index (χ0n) is 8.37. The number of halogens is 1. The Hall–Kier alpha value is -1.58. The van der Waals surface area contributed by atoms with Crippen molar-refractivity contribution in [1.29, 1.82) is 0 Å². The molecule has 0 aromatic heterocycles. The predicted octanol–water partition coefficient (Wildman–Crippen LogP) is 1.52. The third kappa shape index (κ3) is 1.93. The SMILES string of the molecule is NC(=O)c1ccc(N2CCCC2)c(F)c1. The highest BCUT2D eigenvalue weighted by Crippen LogP contribution is 2.24. The van der Waals surface area contributed by atoms with Crippen molar-refractivity contribution in [1.82, 2.24) is 0 Å². The number of benzene rings is 1. The maximum atomic E-state index is 13.6. The van der Waals surface area contributed by atoms with E-state index >= 15 is 0 Å². The molecular weight excluding hydrogens is 195 g/mol. The van der Waals surface area contributed by atoms with Crippen LogP contribution in [0.4, 0.5) is 10.1 Å². The average molecular weight is 208 g/mol. The second-order valence-corrected chi connectivity index (χ2v) is 3.72. The number of carbonyl (C=O) groups is 1. The summed E-state index contributed by atoms with van der Waals surface area (Å²) in [5.74, 6) is -0.963. The van der Waals surface area contributed by atoms with E-state index in [-0.39, 0.29) is 11.4 Å². The minimum absolute atomic E-state index is 0.218. The van der Waals surface area contributed by atoms with Crippen LogP contribution >= 0.6 is 0 Å². The second-order valence-electron chi connectivity index (χ2n) is 3.72. The van der Waals surface area contributed by atoms with E-state index in [1.807, 2.05) is 4.90 Å². The highest BCUT2D eigenvalue weighted by Gasteiger charge is 2.16. The van der Waals surface area contributed by atoms with Gasteiger partial charge in [-0.2, -0.15) is 0 Å². The summed E-state index contributed by atoms with van der Waals surface area (Å²) in [5, 5.41) is 0. The Kier molecular flexibility index (Phi) is 2.58. The van der Waals surface area contributed by atoms with Gasteiger partial charge in [0.25, 0.3) is 0 Å². The van der Waals surface area contributed by atoms with Gasteiger partial charge < -0.3 is 10.6 Å². The van der Waals surface area contributed by atoms with Crippen LogP contribution in [0.25, 0.3) is 0 Å². The number of rotatable bonds is 2. The third-order valence-corrected chi connectivity index (χ3v) is 2.68. The summed E-state index contributed by atoms with van der Waals surface area (Å²) in [6.07, 6.45) is 2.19. The Labute approximate surface area is 87.7 Å². The summed E-state index contributed by atoms with van der Waals surface area (Å²) in [6, 6.07) is 4.40. The van der Waals surface area contributed by atoms with Gasteiger partial charge in [0.2, 0.25) is 5.91 Å². The topological polar surface area (TPSA) is 46.3 Å². The van der Waals surface area contributed by atoms with Gasteiger partial charge in [-0.1, -0.05) is 0 Å². The first-order valence-corrected chi connectivity index (χ1v) is 5.03. The van der Waals surface area contributed by atoms with Crippen LogP contribution < -0.4 is 10.6 Å². The van der Waals surface area contributed by atoms with Gasteiger partial charge in [-0.15, -0.1) is 0 Å². The summed E-state index contributed by atoms with van der Waals surface area (Å²) in [7, 11) is 0. The van der Waals surface area contributed by atoms with Crippen molar-refractivity contribution in [2.45, 2.75) is 12.8 Å². The van der Waals surface area contributed by atoms with E-state index in [4.69, 9.17) is 5.73 Å². The molecule has 1 aromatic rings. The molecule has 1 aromatic carbocycles. The largest absolute Gasteiger partial charge is 0.369 e. The van der Waals surface area contributed by atoms with E-state index in [1.54, 1.807) is 12.1 Å². The standard InChI is InChI=1S/C11H13FN2O/c12-9-7-8(11(13)15)3-4-10(9)14-5-1-2-6-14/h3-4,7H,1-2,5-6H2,(H2,13,15). The molecule has 1 aliphatic heterocycles. The summed E-state index contributed by atoms with van der Waals surface area (Å²) >= 11 is 0. The van der Waals surface area contributed by atoms with Crippen LogP contribution in [0.3, 0.4) is 0 Å². The molecule has 15 heavy (non-hydrogen) atoms. The zero-order valence-corrected chi connectivity index (χ0v) is 8.37. The summed E-state index contributed by atoms with van der Waals surface area (Å²) in [6.45, 7) is 1.76. The number of primary amides is 1. The summed E-state index contributed by atoms with van der Waals surface area (Å²) in [4.78, 5) is 12.8. The minimum Gasteiger partial charge on any atom is -0.369 e. The van der Waals surface area contributed by atoms with Crippen molar-refractivity contribution >= 4 is 11.6 Å². The molecule has 0 spiro atoms. The fraction of sp³-hybridized carbons (Fsp3) is 0.364. The molecule has 0 bridgehead atoms. The average Bonchev–Trinajstić information content (AvgIpc) is 2.70. The lowest BCUT2D eigenvalue weighted by Gasteiger charge is -2.18. The molecule has 1 amide bonds. The maximum absolute atomic E-state index is 13.6. The van der Waals surface area contributed by atoms with Gasteiger partial charge in [0.15, 0.2) is 0 Å². The number of hydrogen-bond acceptors (Lipinski definition) is 2. The molecule has 2 rings (SSSR count). The highest BCUT2D eigenvalue weighted by atomic mass is 19.1. The Morgan fingerprint density at radius 2 is 2.00 bits per heavy atom. The quantitative estimate of drug-likeness (QED) is 0.801. The van der Waals surface area contributed by atoms with Crippen LogP contribution in [0.1, 0.15) is 23.2 Å². The van der Waals surface area contributed by atoms with E-state index in [9.17, 15) is 9.18 Å². The van der Waals surface area contributed by atoms with E-state index < -0.39 is 5.91 Å². The lowest BCUT2D eigenvalue weighted by molar-refractivity contribution is 0.1000. The van der Waals surface area contributed by atoms with Crippen LogP contribution in [-0.2, 0) is 0 Å². The van der Waals surface area contributed by atoms with Gasteiger partial charge in [0.1, 0.15) is 5.82 Å². The summed E-state index contributed by atoms with van der Waals surface area (Å²) < 4.78 is 13.6. The Morgan fingerprint density at radius 3 is 2.53 bits per heavy atom. The molecule has 1 heterocycles. The fourth-order valence-electron chi connectivity index (χ4n) is 1.87. The molecule has 1 aliphatic rings. The van der Waals surface area contributed by atoms with Gasteiger partial charge in [0.05, 0.1) is 5.69 Å². The van der Waals surface area contributed by atoms with Crippen LogP contribution in [0, 0.1) is 5.82 Å². The molecule has 80 valence electrons. The van der Waals surface area contributed by atoms with Gasteiger partial charge in [-0.25, -0.2) is 4.39 Å². The van der Waals surface area contributed by atoms with Gasteiger partial charge >= 0.3 is 0 Å². The molecule has 0 radical (unpaired) electrons. The third-order valence-electron chi connectivity index (χ3n) is 2.68. The number of carbonyl (C=O) groups excluding carboxylic acids is 1. The van der Waals surface area contributed by atoms with Crippen molar-refractivity contribution in [3.63, 3.8) is 0 Å². The molecule has 3 nitrogen and oxygen atoms in total. The Morgan fingerprint density at radius 1 is 1.33 bits per heavy atom. The van der Waals surface area contributed by atoms with Gasteiger partial charge in [0, 0.05) is 18.7 Å².